The maximum Gasteiger partial charge on any atom is 0.363 e. The van der Waals surface area contributed by atoms with Crippen LogP contribution in [0.1, 0.15) is 31.7 Å². The summed E-state index contributed by atoms with van der Waals surface area (Å²) in [6.07, 6.45) is 6.25. The van der Waals surface area contributed by atoms with Gasteiger partial charge in [-0.15, -0.1) is 0 Å². The highest BCUT2D eigenvalue weighted by Gasteiger charge is 2.30. The van der Waals surface area contributed by atoms with Crippen LogP contribution < -0.4 is 5.32 Å². The lowest BCUT2D eigenvalue weighted by Crippen LogP contribution is -2.33. The first-order chi connectivity index (χ1) is 8.70. The maximum atomic E-state index is 10.5. The first-order valence-electron chi connectivity index (χ1n) is 6.53. The molecule has 1 aliphatic carbocycles. The van der Waals surface area contributed by atoms with Crippen molar-refractivity contribution in [1.82, 2.24) is 10.3 Å². The summed E-state index contributed by atoms with van der Waals surface area (Å²) in [6.45, 7) is 3.19. The lowest BCUT2D eigenvalue weighted by atomic mass is 10.0. The summed E-state index contributed by atoms with van der Waals surface area (Å²) in [4.78, 5) is 13.9. The Kier molecular flexibility index (Phi) is 4.25. The van der Waals surface area contributed by atoms with Crippen molar-refractivity contribution in [2.75, 3.05) is 6.54 Å². The van der Waals surface area contributed by atoms with Crippen molar-refractivity contribution in [3.8, 4) is 0 Å². The van der Waals surface area contributed by atoms with E-state index >= 15 is 0 Å². The SMILES string of the molecule is CCCNC(Cc1ccc([N+](=O)[O-])nc1)C1CC1. The smallest absolute Gasteiger partial charge is 0.358 e. The maximum absolute atomic E-state index is 10.5. The van der Waals surface area contributed by atoms with Crippen LogP contribution in [0.3, 0.4) is 0 Å². The molecule has 1 aromatic heterocycles. The molecule has 1 atom stereocenters. The van der Waals surface area contributed by atoms with Crippen molar-refractivity contribution in [2.24, 2.45) is 5.92 Å². The molecule has 1 N–H and O–H groups in total. The van der Waals surface area contributed by atoms with Crippen LogP contribution in [0.4, 0.5) is 5.82 Å². The van der Waals surface area contributed by atoms with E-state index < -0.39 is 4.92 Å². The summed E-state index contributed by atoms with van der Waals surface area (Å²) in [5.41, 5.74) is 1.07. The average Bonchev–Trinajstić information content (AvgIpc) is 3.19. The second-order valence-corrected chi connectivity index (χ2v) is 4.88. The highest BCUT2D eigenvalue weighted by Crippen LogP contribution is 2.34. The molecule has 0 aliphatic heterocycles. The zero-order valence-electron chi connectivity index (χ0n) is 10.6. The molecule has 1 saturated carbocycles. The standard InChI is InChI=1S/C13H19N3O2/c1-2-7-14-12(11-4-5-11)8-10-3-6-13(15-9-10)16(17)18/h3,6,9,11-12,14H,2,4-5,7-8H2,1H3. The number of aromatic nitrogens is 1. The molecule has 1 unspecified atom stereocenters. The van der Waals surface area contributed by atoms with Gasteiger partial charge >= 0.3 is 5.82 Å². The van der Waals surface area contributed by atoms with Crippen LogP contribution in [-0.4, -0.2) is 22.5 Å². The van der Waals surface area contributed by atoms with Crippen molar-refractivity contribution < 1.29 is 4.92 Å². The summed E-state index contributed by atoms with van der Waals surface area (Å²) in [5, 5.41) is 14.1. The Hall–Kier alpha value is -1.49. The lowest BCUT2D eigenvalue weighted by Gasteiger charge is -2.17. The Labute approximate surface area is 107 Å². The molecule has 5 nitrogen and oxygen atoms in total. The number of nitro groups is 1. The first-order valence-corrected chi connectivity index (χ1v) is 6.53. The third-order valence-electron chi connectivity index (χ3n) is 3.30. The van der Waals surface area contributed by atoms with E-state index in [1.54, 1.807) is 6.20 Å². The second-order valence-electron chi connectivity index (χ2n) is 4.88. The number of pyridine rings is 1. The van der Waals surface area contributed by atoms with Crippen LogP contribution in [0.2, 0.25) is 0 Å². The number of hydrogen-bond donors (Lipinski definition) is 1. The fourth-order valence-corrected chi connectivity index (χ4v) is 2.13. The first kappa shape index (κ1) is 13.0. The normalized spacial score (nSPS) is 16.5. The molecule has 0 spiro atoms. The number of nitrogens with zero attached hydrogens (tertiary/aromatic N) is 2. The fourth-order valence-electron chi connectivity index (χ4n) is 2.13. The van der Waals surface area contributed by atoms with Crippen LogP contribution in [0, 0.1) is 16.0 Å². The molecule has 0 bridgehead atoms. The van der Waals surface area contributed by atoms with Crippen molar-refractivity contribution in [3.05, 3.63) is 34.0 Å². The van der Waals surface area contributed by atoms with Gasteiger partial charge in [0.1, 0.15) is 6.20 Å². The van der Waals surface area contributed by atoms with E-state index in [4.69, 9.17) is 0 Å². The molecule has 0 aromatic carbocycles. The fraction of sp³-hybridized carbons (Fsp3) is 0.615. The minimum Gasteiger partial charge on any atom is -0.358 e. The van der Waals surface area contributed by atoms with Crippen molar-refractivity contribution in [2.45, 2.75) is 38.6 Å². The molecule has 5 heteroatoms. The lowest BCUT2D eigenvalue weighted by molar-refractivity contribution is -0.389. The Morgan fingerprint density at radius 1 is 1.56 bits per heavy atom. The summed E-state index contributed by atoms with van der Waals surface area (Å²) in [5.74, 6) is 0.690. The zero-order chi connectivity index (χ0) is 13.0. The Bertz CT molecular complexity index is 401. The molecule has 0 saturated heterocycles. The highest BCUT2D eigenvalue weighted by molar-refractivity contribution is 5.23. The van der Waals surface area contributed by atoms with Gasteiger partial charge in [0.15, 0.2) is 0 Å². The van der Waals surface area contributed by atoms with Crippen LogP contribution in [0.25, 0.3) is 0 Å². The van der Waals surface area contributed by atoms with E-state index in [1.807, 2.05) is 6.07 Å². The van der Waals surface area contributed by atoms with Gasteiger partial charge in [0.25, 0.3) is 0 Å². The van der Waals surface area contributed by atoms with Crippen LogP contribution in [0.15, 0.2) is 18.3 Å². The third-order valence-corrected chi connectivity index (χ3v) is 3.30. The van der Waals surface area contributed by atoms with E-state index in [0.717, 1.165) is 30.9 Å². The van der Waals surface area contributed by atoms with Gasteiger partial charge in [-0.25, -0.2) is 0 Å². The molecule has 0 amide bonds. The summed E-state index contributed by atoms with van der Waals surface area (Å²) >= 11 is 0. The number of hydrogen-bond acceptors (Lipinski definition) is 4. The van der Waals surface area contributed by atoms with Gasteiger partial charge in [-0.1, -0.05) is 6.92 Å². The number of nitrogens with one attached hydrogen (secondary N) is 1. The molecular weight excluding hydrogens is 230 g/mol. The summed E-state index contributed by atoms with van der Waals surface area (Å²) < 4.78 is 0. The van der Waals surface area contributed by atoms with Crippen molar-refractivity contribution in [1.29, 1.82) is 0 Å². The van der Waals surface area contributed by atoms with Gasteiger partial charge in [-0.2, -0.15) is 0 Å². The van der Waals surface area contributed by atoms with Gasteiger partial charge in [0, 0.05) is 12.1 Å². The quantitative estimate of drug-likeness (QED) is 0.594. The van der Waals surface area contributed by atoms with Gasteiger partial charge in [-0.05, 0) is 59.7 Å². The van der Waals surface area contributed by atoms with Crippen LogP contribution in [-0.2, 0) is 6.42 Å². The zero-order valence-corrected chi connectivity index (χ0v) is 10.6. The monoisotopic (exact) mass is 249 g/mol. The molecular formula is C13H19N3O2. The molecule has 98 valence electrons. The molecule has 0 radical (unpaired) electrons. The predicted molar refractivity (Wildman–Crippen MR) is 69.4 cm³/mol. The van der Waals surface area contributed by atoms with Crippen molar-refractivity contribution in [3.63, 3.8) is 0 Å². The van der Waals surface area contributed by atoms with Crippen LogP contribution >= 0.6 is 0 Å². The van der Waals surface area contributed by atoms with Gasteiger partial charge in [-0.3, -0.25) is 0 Å². The van der Waals surface area contributed by atoms with Gasteiger partial charge < -0.3 is 15.4 Å². The second kappa shape index (κ2) is 5.91. The van der Waals surface area contributed by atoms with Gasteiger partial charge in [0.2, 0.25) is 0 Å². The summed E-state index contributed by atoms with van der Waals surface area (Å²) in [6, 6.07) is 3.79. The van der Waals surface area contributed by atoms with Crippen LogP contribution in [0.5, 0.6) is 0 Å². The van der Waals surface area contributed by atoms with E-state index in [9.17, 15) is 10.1 Å². The highest BCUT2D eigenvalue weighted by atomic mass is 16.6. The molecule has 18 heavy (non-hydrogen) atoms. The minimum atomic E-state index is -0.461. The van der Waals surface area contributed by atoms with E-state index in [1.165, 1.54) is 18.9 Å². The van der Waals surface area contributed by atoms with Gasteiger partial charge in [0.05, 0.1) is 0 Å². The largest absolute Gasteiger partial charge is 0.363 e. The molecule has 1 aromatic rings. The predicted octanol–water partition coefficient (Wildman–Crippen LogP) is 2.31. The molecule has 1 heterocycles. The Morgan fingerprint density at radius 2 is 2.33 bits per heavy atom. The molecule has 1 fully saturated rings. The summed E-state index contributed by atoms with van der Waals surface area (Å²) in [7, 11) is 0. The average molecular weight is 249 g/mol. The number of rotatable bonds is 7. The third kappa shape index (κ3) is 3.50. The van der Waals surface area contributed by atoms with E-state index in [-0.39, 0.29) is 5.82 Å². The topological polar surface area (TPSA) is 68.1 Å². The molecule has 2 rings (SSSR count). The van der Waals surface area contributed by atoms with E-state index in [0.29, 0.717) is 6.04 Å². The Balaban J connectivity index is 1.95. The van der Waals surface area contributed by atoms with E-state index in [2.05, 4.69) is 17.2 Å². The molecule has 1 aliphatic rings. The Morgan fingerprint density at radius 3 is 2.83 bits per heavy atom. The van der Waals surface area contributed by atoms with Crippen molar-refractivity contribution >= 4 is 5.82 Å². The minimum absolute atomic E-state index is 0.0803.